The van der Waals surface area contributed by atoms with E-state index in [1.54, 1.807) is 14.0 Å². The Kier molecular flexibility index (Phi) is 4.65. The number of hydrogen-bond donors (Lipinski definition) is 2. The maximum absolute atomic E-state index is 11.8. The number of amides is 1. The van der Waals surface area contributed by atoms with Crippen molar-refractivity contribution in [3.63, 3.8) is 0 Å². The SMILES string of the molecule is COc1ccc(CCC(=O)NCC(C)(O)C2CC2)cc1. The molecule has 1 saturated carbocycles. The highest BCUT2D eigenvalue weighted by Crippen LogP contribution is 2.38. The van der Waals surface area contributed by atoms with Gasteiger partial charge in [0.15, 0.2) is 0 Å². The minimum atomic E-state index is -0.754. The minimum absolute atomic E-state index is 0.0123. The van der Waals surface area contributed by atoms with E-state index in [1.165, 1.54) is 0 Å². The summed E-state index contributed by atoms with van der Waals surface area (Å²) < 4.78 is 5.09. The Balaban J connectivity index is 1.71. The van der Waals surface area contributed by atoms with E-state index in [0.29, 0.717) is 25.3 Å². The lowest BCUT2D eigenvalue weighted by atomic mass is 10.0. The van der Waals surface area contributed by atoms with Gasteiger partial charge in [-0.05, 0) is 49.8 Å². The Bertz CT molecular complexity index is 449. The molecule has 0 aromatic heterocycles. The van der Waals surface area contributed by atoms with Crippen molar-refractivity contribution < 1.29 is 14.6 Å². The third kappa shape index (κ3) is 4.23. The molecule has 0 saturated heterocycles. The van der Waals surface area contributed by atoms with Gasteiger partial charge in [-0.3, -0.25) is 4.79 Å². The van der Waals surface area contributed by atoms with Gasteiger partial charge in [-0.25, -0.2) is 0 Å². The Hall–Kier alpha value is -1.55. The molecule has 0 radical (unpaired) electrons. The van der Waals surface area contributed by atoms with Crippen LogP contribution in [-0.4, -0.2) is 30.3 Å². The first-order valence-electron chi connectivity index (χ1n) is 7.13. The molecule has 0 spiro atoms. The van der Waals surface area contributed by atoms with Crippen LogP contribution in [0, 0.1) is 5.92 Å². The van der Waals surface area contributed by atoms with Crippen molar-refractivity contribution in [2.75, 3.05) is 13.7 Å². The summed E-state index contributed by atoms with van der Waals surface area (Å²) in [5.41, 5.74) is 0.352. The zero-order chi connectivity index (χ0) is 14.6. The van der Waals surface area contributed by atoms with Crippen LogP contribution in [-0.2, 0) is 11.2 Å². The number of carbonyl (C=O) groups is 1. The van der Waals surface area contributed by atoms with Crippen molar-refractivity contribution in [1.29, 1.82) is 0 Å². The summed E-state index contributed by atoms with van der Waals surface area (Å²) in [7, 11) is 1.63. The van der Waals surface area contributed by atoms with Crippen LogP contribution < -0.4 is 10.1 Å². The summed E-state index contributed by atoms with van der Waals surface area (Å²) in [6, 6.07) is 7.72. The van der Waals surface area contributed by atoms with Crippen LogP contribution in [0.1, 0.15) is 31.7 Å². The standard InChI is InChI=1S/C16H23NO3/c1-16(19,13-6-7-13)11-17-15(18)10-5-12-3-8-14(20-2)9-4-12/h3-4,8-9,13,19H,5-7,10-11H2,1-2H3,(H,17,18). The highest BCUT2D eigenvalue weighted by molar-refractivity contribution is 5.76. The summed E-state index contributed by atoms with van der Waals surface area (Å²) in [6.07, 6.45) is 3.26. The summed E-state index contributed by atoms with van der Waals surface area (Å²) in [5.74, 6) is 1.16. The van der Waals surface area contributed by atoms with Crippen molar-refractivity contribution in [3.05, 3.63) is 29.8 Å². The van der Waals surface area contributed by atoms with Crippen LogP contribution >= 0.6 is 0 Å². The second kappa shape index (κ2) is 6.27. The lowest BCUT2D eigenvalue weighted by Gasteiger charge is -2.23. The summed E-state index contributed by atoms with van der Waals surface area (Å²) >= 11 is 0. The minimum Gasteiger partial charge on any atom is -0.497 e. The highest BCUT2D eigenvalue weighted by Gasteiger charge is 2.39. The highest BCUT2D eigenvalue weighted by atomic mass is 16.5. The van der Waals surface area contributed by atoms with E-state index in [1.807, 2.05) is 24.3 Å². The molecule has 1 fully saturated rings. The van der Waals surface area contributed by atoms with Crippen LogP contribution in [0.4, 0.5) is 0 Å². The average Bonchev–Trinajstić information content (AvgIpc) is 3.28. The molecule has 2 N–H and O–H groups in total. The topological polar surface area (TPSA) is 58.6 Å². The van der Waals surface area contributed by atoms with Gasteiger partial charge in [0, 0.05) is 13.0 Å². The Morgan fingerprint density at radius 2 is 2.05 bits per heavy atom. The molecule has 1 aliphatic carbocycles. The van der Waals surface area contributed by atoms with Crippen molar-refractivity contribution in [2.24, 2.45) is 5.92 Å². The molecule has 20 heavy (non-hydrogen) atoms. The number of carbonyl (C=O) groups excluding carboxylic acids is 1. The summed E-state index contributed by atoms with van der Waals surface area (Å²) in [6.45, 7) is 2.15. The van der Waals surface area contributed by atoms with Gasteiger partial charge in [0.2, 0.25) is 5.91 Å². The van der Waals surface area contributed by atoms with E-state index in [-0.39, 0.29) is 5.91 Å². The van der Waals surface area contributed by atoms with Crippen molar-refractivity contribution in [1.82, 2.24) is 5.32 Å². The zero-order valence-electron chi connectivity index (χ0n) is 12.2. The Morgan fingerprint density at radius 1 is 1.40 bits per heavy atom. The number of nitrogens with one attached hydrogen (secondary N) is 1. The van der Waals surface area contributed by atoms with Gasteiger partial charge in [0.25, 0.3) is 0 Å². The van der Waals surface area contributed by atoms with Gasteiger partial charge < -0.3 is 15.2 Å². The van der Waals surface area contributed by atoms with Gasteiger partial charge in [-0.2, -0.15) is 0 Å². The van der Waals surface area contributed by atoms with Crippen LogP contribution in [0.2, 0.25) is 0 Å². The second-order valence-corrected chi connectivity index (χ2v) is 5.76. The van der Waals surface area contributed by atoms with E-state index in [4.69, 9.17) is 4.74 Å². The number of rotatable bonds is 7. The fourth-order valence-corrected chi connectivity index (χ4v) is 2.27. The number of hydrogen-bond acceptors (Lipinski definition) is 3. The van der Waals surface area contributed by atoms with E-state index >= 15 is 0 Å². The third-order valence-corrected chi connectivity index (χ3v) is 3.90. The van der Waals surface area contributed by atoms with Crippen LogP contribution in [0.5, 0.6) is 5.75 Å². The molecular formula is C16H23NO3. The monoisotopic (exact) mass is 277 g/mol. The van der Waals surface area contributed by atoms with E-state index in [2.05, 4.69) is 5.32 Å². The molecule has 1 amide bonds. The molecule has 1 aromatic rings. The summed E-state index contributed by atoms with van der Waals surface area (Å²) in [5, 5.41) is 12.9. The van der Waals surface area contributed by atoms with Crippen LogP contribution in [0.15, 0.2) is 24.3 Å². The first kappa shape index (κ1) is 14.9. The fraction of sp³-hybridized carbons (Fsp3) is 0.562. The predicted octanol–water partition coefficient (Wildman–Crippen LogP) is 1.91. The van der Waals surface area contributed by atoms with Crippen molar-refractivity contribution in [2.45, 2.75) is 38.2 Å². The maximum Gasteiger partial charge on any atom is 0.220 e. The first-order valence-corrected chi connectivity index (χ1v) is 7.13. The molecule has 4 heteroatoms. The third-order valence-electron chi connectivity index (χ3n) is 3.90. The second-order valence-electron chi connectivity index (χ2n) is 5.76. The van der Waals surface area contributed by atoms with Crippen molar-refractivity contribution >= 4 is 5.91 Å². The molecule has 1 unspecified atom stereocenters. The quantitative estimate of drug-likeness (QED) is 0.800. The van der Waals surface area contributed by atoms with E-state index < -0.39 is 5.60 Å². The molecule has 2 rings (SSSR count). The van der Waals surface area contributed by atoms with E-state index in [0.717, 1.165) is 24.2 Å². The molecule has 4 nitrogen and oxygen atoms in total. The Labute approximate surface area is 120 Å². The molecule has 0 aliphatic heterocycles. The van der Waals surface area contributed by atoms with Gasteiger partial charge in [-0.1, -0.05) is 12.1 Å². The maximum atomic E-state index is 11.8. The van der Waals surface area contributed by atoms with Gasteiger partial charge in [-0.15, -0.1) is 0 Å². The van der Waals surface area contributed by atoms with Gasteiger partial charge in [0.1, 0.15) is 5.75 Å². The van der Waals surface area contributed by atoms with Gasteiger partial charge in [0.05, 0.1) is 12.7 Å². The molecule has 1 aliphatic rings. The molecule has 110 valence electrons. The summed E-state index contributed by atoms with van der Waals surface area (Å²) in [4.78, 5) is 11.8. The lowest BCUT2D eigenvalue weighted by Crippen LogP contribution is -2.42. The number of benzene rings is 1. The molecule has 1 aromatic carbocycles. The zero-order valence-corrected chi connectivity index (χ0v) is 12.2. The average molecular weight is 277 g/mol. The fourth-order valence-electron chi connectivity index (χ4n) is 2.27. The number of aryl methyl sites for hydroxylation is 1. The largest absolute Gasteiger partial charge is 0.497 e. The molecular weight excluding hydrogens is 254 g/mol. The smallest absolute Gasteiger partial charge is 0.220 e. The number of aliphatic hydroxyl groups is 1. The van der Waals surface area contributed by atoms with Crippen molar-refractivity contribution in [3.8, 4) is 5.75 Å². The van der Waals surface area contributed by atoms with Gasteiger partial charge >= 0.3 is 0 Å². The first-order chi connectivity index (χ1) is 9.51. The lowest BCUT2D eigenvalue weighted by molar-refractivity contribution is -0.122. The predicted molar refractivity (Wildman–Crippen MR) is 77.7 cm³/mol. The molecule has 0 bridgehead atoms. The van der Waals surface area contributed by atoms with E-state index in [9.17, 15) is 9.90 Å². The molecule has 1 atom stereocenters. The number of methoxy groups -OCH3 is 1. The Morgan fingerprint density at radius 3 is 2.60 bits per heavy atom. The normalized spacial score (nSPS) is 17.4. The molecule has 0 heterocycles. The number of ether oxygens (including phenoxy) is 1. The van der Waals surface area contributed by atoms with Crippen LogP contribution in [0.3, 0.4) is 0 Å². The van der Waals surface area contributed by atoms with Crippen LogP contribution in [0.25, 0.3) is 0 Å².